The van der Waals surface area contributed by atoms with Gasteiger partial charge in [0.1, 0.15) is 0 Å². The van der Waals surface area contributed by atoms with E-state index in [-0.39, 0.29) is 24.3 Å². The average Bonchev–Trinajstić information content (AvgIpc) is 3.51. The summed E-state index contributed by atoms with van der Waals surface area (Å²) in [7, 11) is 3.22. The molecular weight excluding hydrogens is 320 g/mol. The lowest BCUT2D eigenvalue weighted by Gasteiger charge is -2.18. The third-order valence-electron chi connectivity index (χ3n) is 4.82. The van der Waals surface area contributed by atoms with Gasteiger partial charge in [-0.3, -0.25) is 9.59 Å². The molecule has 0 saturated heterocycles. The van der Waals surface area contributed by atoms with Crippen LogP contribution in [0, 0.1) is 5.92 Å². The lowest BCUT2D eigenvalue weighted by atomic mass is 9.90. The van der Waals surface area contributed by atoms with E-state index in [4.69, 9.17) is 9.47 Å². The number of methoxy groups -OCH3 is 2. The fourth-order valence-corrected chi connectivity index (χ4v) is 3.10. The fourth-order valence-electron chi connectivity index (χ4n) is 3.10. The van der Waals surface area contributed by atoms with E-state index in [0.717, 1.165) is 31.2 Å². The number of rotatable bonds is 9. The van der Waals surface area contributed by atoms with Crippen molar-refractivity contribution in [2.24, 2.45) is 5.92 Å². The molecule has 1 aromatic carbocycles. The van der Waals surface area contributed by atoms with Gasteiger partial charge in [-0.1, -0.05) is 6.07 Å². The molecule has 1 atom stereocenters. The molecule has 1 unspecified atom stereocenters. The van der Waals surface area contributed by atoms with Gasteiger partial charge in [-0.25, -0.2) is 0 Å². The van der Waals surface area contributed by atoms with Gasteiger partial charge in [0.05, 0.1) is 20.8 Å². The Bertz CT molecular complexity index is 638. The molecule has 25 heavy (non-hydrogen) atoms. The van der Waals surface area contributed by atoms with Gasteiger partial charge >= 0.3 is 0 Å². The molecule has 2 N–H and O–H groups in total. The SMILES string of the molecule is COc1ccc(C(CC(=O)NCC(=O)NC2CC2)C2CC2)cc1OC. The first-order chi connectivity index (χ1) is 12.1. The van der Waals surface area contributed by atoms with Crippen molar-refractivity contribution in [1.82, 2.24) is 10.6 Å². The minimum atomic E-state index is -0.107. The number of hydrogen-bond acceptors (Lipinski definition) is 4. The van der Waals surface area contributed by atoms with Gasteiger partial charge in [0.25, 0.3) is 0 Å². The highest BCUT2D eigenvalue weighted by atomic mass is 16.5. The number of ether oxygens (including phenoxy) is 2. The Kier molecular flexibility index (Phi) is 5.46. The van der Waals surface area contributed by atoms with Crippen LogP contribution >= 0.6 is 0 Å². The van der Waals surface area contributed by atoms with Gasteiger partial charge in [-0.15, -0.1) is 0 Å². The smallest absolute Gasteiger partial charge is 0.239 e. The largest absolute Gasteiger partial charge is 0.493 e. The van der Waals surface area contributed by atoms with Crippen LogP contribution in [0.2, 0.25) is 0 Å². The second-order valence-corrected chi connectivity index (χ2v) is 6.88. The van der Waals surface area contributed by atoms with Crippen molar-refractivity contribution < 1.29 is 19.1 Å². The van der Waals surface area contributed by atoms with Crippen LogP contribution in [0.15, 0.2) is 18.2 Å². The number of amides is 2. The molecular formula is C19H26N2O4. The second kappa shape index (κ2) is 7.76. The third-order valence-corrected chi connectivity index (χ3v) is 4.82. The maximum Gasteiger partial charge on any atom is 0.239 e. The molecule has 0 heterocycles. The van der Waals surface area contributed by atoms with Crippen molar-refractivity contribution in [1.29, 1.82) is 0 Å². The van der Waals surface area contributed by atoms with Gasteiger partial charge in [-0.05, 0) is 55.2 Å². The Morgan fingerprint density at radius 2 is 1.80 bits per heavy atom. The highest BCUT2D eigenvalue weighted by Crippen LogP contribution is 2.46. The molecule has 136 valence electrons. The highest BCUT2D eigenvalue weighted by Gasteiger charge is 2.34. The standard InChI is InChI=1S/C19H26N2O4/c1-24-16-8-5-13(9-17(16)25-2)15(12-3-4-12)10-18(22)20-11-19(23)21-14-6-7-14/h5,8-9,12,14-15H,3-4,6-7,10-11H2,1-2H3,(H,20,22)(H,21,23). The van der Waals surface area contributed by atoms with E-state index in [2.05, 4.69) is 10.6 Å². The lowest BCUT2D eigenvalue weighted by molar-refractivity contribution is -0.126. The molecule has 2 fully saturated rings. The van der Waals surface area contributed by atoms with Crippen molar-refractivity contribution in [2.45, 2.75) is 44.1 Å². The van der Waals surface area contributed by atoms with E-state index < -0.39 is 0 Å². The summed E-state index contributed by atoms with van der Waals surface area (Å²) < 4.78 is 10.7. The predicted octanol–water partition coefficient (Wildman–Crippen LogP) is 1.98. The summed E-state index contributed by atoms with van der Waals surface area (Å²) in [5.41, 5.74) is 1.08. The van der Waals surface area contributed by atoms with Gasteiger partial charge in [-0.2, -0.15) is 0 Å². The first kappa shape index (κ1) is 17.6. The zero-order valence-electron chi connectivity index (χ0n) is 14.8. The minimum Gasteiger partial charge on any atom is -0.493 e. The van der Waals surface area contributed by atoms with Gasteiger partial charge < -0.3 is 20.1 Å². The van der Waals surface area contributed by atoms with E-state index in [1.165, 1.54) is 0 Å². The van der Waals surface area contributed by atoms with E-state index in [0.29, 0.717) is 29.9 Å². The number of nitrogens with one attached hydrogen (secondary N) is 2. The van der Waals surface area contributed by atoms with Gasteiger partial charge in [0.15, 0.2) is 11.5 Å². The molecule has 2 aliphatic rings. The number of hydrogen-bond donors (Lipinski definition) is 2. The van der Waals surface area contributed by atoms with E-state index in [1.807, 2.05) is 18.2 Å². The highest BCUT2D eigenvalue weighted by molar-refractivity contribution is 5.85. The monoisotopic (exact) mass is 346 g/mol. The maximum absolute atomic E-state index is 12.3. The van der Waals surface area contributed by atoms with Gasteiger partial charge in [0.2, 0.25) is 11.8 Å². The topological polar surface area (TPSA) is 76.7 Å². The molecule has 6 nitrogen and oxygen atoms in total. The number of carbonyl (C=O) groups is 2. The zero-order chi connectivity index (χ0) is 17.8. The molecule has 0 aromatic heterocycles. The van der Waals surface area contributed by atoms with Crippen molar-refractivity contribution in [3.05, 3.63) is 23.8 Å². The van der Waals surface area contributed by atoms with E-state index in [1.54, 1.807) is 14.2 Å². The maximum atomic E-state index is 12.3. The average molecular weight is 346 g/mol. The van der Waals surface area contributed by atoms with Crippen molar-refractivity contribution >= 4 is 11.8 Å². The Balaban J connectivity index is 1.59. The number of benzene rings is 1. The van der Waals surface area contributed by atoms with Crippen molar-refractivity contribution in [3.8, 4) is 11.5 Å². The summed E-state index contributed by atoms with van der Waals surface area (Å²) in [6.45, 7) is 0.0542. The normalized spacial score (nSPS) is 17.5. The summed E-state index contributed by atoms with van der Waals surface area (Å²) in [6.07, 6.45) is 4.74. The van der Waals surface area contributed by atoms with Gasteiger partial charge in [0, 0.05) is 12.5 Å². The molecule has 3 rings (SSSR count). The van der Waals surface area contributed by atoms with Crippen molar-refractivity contribution in [2.75, 3.05) is 20.8 Å². The summed E-state index contributed by atoms with van der Waals surface area (Å²) in [5.74, 6) is 1.83. The quantitative estimate of drug-likeness (QED) is 0.717. The lowest BCUT2D eigenvalue weighted by Crippen LogP contribution is -2.38. The van der Waals surface area contributed by atoms with Crippen LogP contribution in [-0.2, 0) is 9.59 Å². The minimum absolute atomic E-state index is 0.0542. The molecule has 1 aromatic rings. The first-order valence-electron chi connectivity index (χ1n) is 8.88. The molecule has 2 saturated carbocycles. The molecule has 2 aliphatic carbocycles. The van der Waals surface area contributed by atoms with Crippen LogP contribution in [0.25, 0.3) is 0 Å². The Labute approximate surface area is 148 Å². The fraction of sp³-hybridized carbons (Fsp3) is 0.579. The molecule has 2 amide bonds. The molecule has 0 spiro atoms. The van der Waals surface area contributed by atoms with Crippen LogP contribution in [-0.4, -0.2) is 38.6 Å². The number of carbonyl (C=O) groups excluding carboxylic acids is 2. The van der Waals surface area contributed by atoms with Crippen molar-refractivity contribution in [3.63, 3.8) is 0 Å². The van der Waals surface area contributed by atoms with E-state index >= 15 is 0 Å². The van der Waals surface area contributed by atoms with Crippen LogP contribution in [0.1, 0.15) is 43.6 Å². The zero-order valence-corrected chi connectivity index (χ0v) is 14.8. The molecule has 0 radical (unpaired) electrons. The molecule has 0 aliphatic heterocycles. The Morgan fingerprint density at radius 1 is 1.08 bits per heavy atom. The molecule has 6 heteroatoms. The predicted molar refractivity (Wildman–Crippen MR) is 93.8 cm³/mol. The Morgan fingerprint density at radius 3 is 2.40 bits per heavy atom. The summed E-state index contributed by atoms with van der Waals surface area (Å²) in [5, 5.41) is 5.62. The first-order valence-corrected chi connectivity index (χ1v) is 8.88. The summed E-state index contributed by atoms with van der Waals surface area (Å²) in [4.78, 5) is 24.0. The third kappa shape index (κ3) is 4.87. The van der Waals surface area contributed by atoms with Crippen LogP contribution in [0.4, 0.5) is 0 Å². The summed E-state index contributed by atoms with van der Waals surface area (Å²) >= 11 is 0. The Hall–Kier alpha value is -2.24. The van der Waals surface area contributed by atoms with Crippen LogP contribution < -0.4 is 20.1 Å². The second-order valence-electron chi connectivity index (χ2n) is 6.88. The van der Waals surface area contributed by atoms with Crippen LogP contribution in [0.5, 0.6) is 11.5 Å². The molecule has 0 bridgehead atoms. The van der Waals surface area contributed by atoms with Crippen LogP contribution in [0.3, 0.4) is 0 Å². The van der Waals surface area contributed by atoms with E-state index in [9.17, 15) is 9.59 Å². The summed E-state index contributed by atoms with van der Waals surface area (Å²) in [6, 6.07) is 6.15.